The molecular formula is C10H22N2O3S. The van der Waals surface area contributed by atoms with Crippen LogP contribution >= 0.6 is 0 Å². The van der Waals surface area contributed by atoms with E-state index in [1.165, 1.54) is 0 Å². The Balaban J connectivity index is 4.11. The molecule has 0 aliphatic rings. The predicted octanol–water partition coefficient (Wildman–Crippen LogP) is -0.0893. The largest absolute Gasteiger partial charge is 0.354 e. The molecule has 5 nitrogen and oxygen atoms in total. The Labute approximate surface area is 97.7 Å². The maximum atomic E-state index is 11.5. The van der Waals surface area contributed by atoms with E-state index in [2.05, 4.69) is 5.32 Å². The summed E-state index contributed by atoms with van der Waals surface area (Å²) in [5.74, 6) is -0.251. The lowest BCUT2D eigenvalue weighted by Crippen LogP contribution is -2.49. The number of hydrogen-bond acceptors (Lipinski definition) is 4. The number of carbonyl (C=O) groups excluding carboxylic acids is 1. The number of nitrogens with two attached hydrogens (primary N) is 1. The van der Waals surface area contributed by atoms with Crippen molar-refractivity contribution in [3.8, 4) is 0 Å². The number of amides is 1. The zero-order chi connectivity index (χ0) is 13.0. The Morgan fingerprint density at radius 1 is 1.38 bits per heavy atom. The van der Waals surface area contributed by atoms with Gasteiger partial charge in [-0.15, -0.1) is 0 Å². The minimum atomic E-state index is -3.03. The Morgan fingerprint density at radius 3 is 2.25 bits per heavy atom. The molecule has 0 aromatic heterocycles. The van der Waals surface area contributed by atoms with Crippen molar-refractivity contribution in [2.45, 2.75) is 33.7 Å². The number of rotatable bonds is 5. The fourth-order valence-electron chi connectivity index (χ4n) is 0.977. The molecule has 0 unspecified atom stereocenters. The van der Waals surface area contributed by atoms with Crippen molar-refractivity contribution < 1.29 is 13.2 Å². The van der Waals surface area contributed by atoms with E-state index < -0.39 is 15.9 Å². The highest BCUT2D eigenvalue weighted by molar-refractivity contribution is 7.91. The SMILES string of the molecule is CCS(=O)(=O)CCNC(=O)[C@H](N)C(C)(C)C. The Bertz CT molecular complexity index is 330. The summed E-state index contributed by atoms with van der Waals surface area (Å²) in [4.78, 5) is 11.5. The van der Waals surface area contributed by atoms with E-state index >= 15 is 0 Å². The van der Waals surface area contributed by atoms with Crippen molar-refractivity contribution in [3.63, 3.8) is 0 Å². The van der Waals surface area contributed by atoms with Crippen molar-refractivity contribution in [1.29, 1.82) is 0 Å². The van der Waals surface area contributed by atoms with Gasteiger partial charge in [-0.3, -0.25) is 4.79 Å². The molecule has 0 spiro atoms. The van der Waals surface area contributed by atoms with Crippen molar-refractivity contribution in [1.82, 2.24) is 5.32 Å². The quantitative estimate of drug-likeness (QED) is 0.713. The first-order valence-corrected chi connectivity index (χ1v) is 7.16. The van der Waals surface area contributed by atoms with Gasteiger partial charge in [0.1, 0.15) is 0 Å². The lowest BCUT2D eigenvalue weighted by atomic mass is 9.87. The standard InChI is InChI=1S/C10H22N2O3S/c1-5-16(14,15)7-6-12-9(13)8(11)10(2,3)4/h8H,5-7,11H2,1-4H3,(H,12,13)/t8-/m0/s1. The first-order chi connectivity index (χ1) is 7.10. The van der Waals surface area contributed by atoms with Crippen LogP contribution < -0.4 is 11.1 Å². The number of nitrogens with one attached hydrogen (secondary N) is 1. The third-order valence-corrected chi connectivity index (χ3v) is 4.07. The minimum absolute atomic E-state index is 0.0356. The van der Waals surface area contributed by atoms with Gasteiger partial charge in [0, 0.05) is 12.3 Å². The van der Waals surface area contributed by atoms with E-state index in [1.807, 2.05) is 20.8 Å². The van der Waals surface area contributed by atoms with E-state index in [0.29, 0.717) is 0 Å². The summed E-state index contributed by atoms with van der Waals surface area (Å²) >= 11 is 0. The smallest absolute Gasteiger partial charge is 0.237 e. The second kappa shape index (κ2) is 5.63. The van der Waals surface area contributed by atoms with Gasteiger partial charge in [-0.05, 0) is 5.41 Å². The van der Waals surface area contributed by atoms with Crippen LogP contribution in [0.5, 0.6) is 0 Å². The highest BCUT2D eigenvalue weighted by atomic mass is 32.2. The third-order valence-electron chi connectivity index (χ3n) is 2.37. The van der Waals surface area contributed by atoms with Crippen LogP contribution in [-0.2, 0) is 14.6 Å². The molecule has 0 rings (SSSR count). The van der Waals surface area contributed by atoms with Crippen molar-refractivity contribution in [3.05, 3.63) is 0 Å². The number of sulfone groups is 1. The summed E-state index contributed by atoms with van der Waals surface area (Å²) in [6.07, 6.45) is 0. The Hall–Kier alpha value is -0.620. The summed E-state index contributed by atoms with van der Waals surface area (Å²) in [7, 11) is -3.03. The van der Waals surface area contributed by atoms with Gasteiger partial charge in [0.25, 0.3) is 0 Å². The summed E-state index contributed by atoms with van der Waals surface area (Å²) in [5, 5.41) is 2.54. The highest BCUT2D eigenvalue weighted by Gasteiger charge is 2.27. The first kappa shape index (κ1) is 15.4. The number of hydrogen-bond donors (Lipinski definition) is 2. The van der Waals surface area contributed by atoms with E-state index in [4.69, 9.17) is 5.73 Å². The van der Waals surface area contributed by atoms with E-state index in [-0.39, 0.29) is 29.4 Å². The van der Waals surface area contributed by atoms with E-state index in [9.17, 15) is 13.2 Å². The molecule has 0 bridgehead atoms. The molecule has 96 valence electrons. The third kappa shape index (κ3) is 5.46. The number of carbonyl (C=O) groups is 1. The minimum Gasteiger partial charge on any atom is -0.354 e. The fourth-order valence-corrected chi connectivity index (χ4v) is 1.68. The van der Waals surface area contributed by atoms with Crippen LogP contribution in [0.4, 0.5) is 0 Å². The van der Waals surface area contributed by atoms with Crippen LogP contribution in [0.3, 0.4) is 0 Å². The molecule has 0 aromatic carbocycles. The summed E-state index contributed by atoms with van der Waals surface area (Å²) in [5.41, 5.74) is 5.39. The molecule has 6 heteroatoms. The molecule has 0 aromatic rings. The van der Waals surface area contributed by atoms with Crippen LogP contribution in [-0.4, -0.2) is 38.4 Å². The topological polar surface area (TPSA) is 89.3 Å². The molecule has 0 fully saturated rings. The van der Waals surface area contributed by atoms with Gasteiger partial charge in [-0.1, -0.05) is 27.7 Å². The lowest BCUT2D eigenvalue weighted by Gasteiger charge is -2.25. The molecule has 0 aliphatic heterocycles. The Kier molecular flexibility index (Phi) is 5.41. The molecule has 1 atom stereocenters. The van der Waals surface area contributed by atoms with Crippen LogP contribution in [0, 0.1) is 5.41 Å². The normalized spacial score (nSPS) is 14.6. The fraction of sp³-hybridized carbons (Fsp3) is 0.900. The molecule has 0 saturated heterocycles. The zero-order valence-electron chi connectivity index (χ0n) is 10.4. The van der Waals surface area contributed by atoms with Gasteiger partial charge < -0.3 is 11.1 Å². The van der Waals surface area contributed by atoms with Crippen LogP contribution in [0.15, 0.2) is 0 Å². The van der Waals surface area contributed by atoms with Crippen molar-refractivity contribution in [2.24, 2.45) is 11.1 Å². The molecule has 16 heavy (non-hydrogen) atoms. The molecule has 0 heterocycles. The predicted molar refractivity (Wildman–Crippen MR) is 64.8 cm³/mol. The molecular weight excluding hydrogens is 228 g/mol. The van der Waals surface area contributed by atoms with Crippen LogP contribution in [0.1, 0.15) is 27.7 Å². The van der Waals surface area contributed by atoms with E-state index in [1.54, 1.807) is 6.92 Å². The molecule has 0 aliphatic carbocycles. The second-order valence-electron chi connectivity index (χ2n) is 4.87. The highest BCUT2D eigenvalue weighted by Crippen LogP contribution is 2.16. The van der Waals surface area contributed by atoms with Crippen LogP contribution in [0.2, 0.25) is 0 Å². The monoisotopic (exact) mass is 250 g/mol. The summed E-state index contributed by atoms with van der Waals surface area (Å²) in [6, 6.07) is -0.628. The van der Waals surface area contributed by atoms with E-state index in [0.717, 1.165) is 0 Å². The maximum Gasteiger partial charge on any atom is 0.237 e. The second-order valence-corrected chi connectivity index (χ2v) is 7.34. The lowest BCUT2D eigenvalue weighted by molar-refractivity contribution is -0.124. The van der Waals surface area contributed by atoms with Gasteiger partial charge in [0.15, 0.2) is 9.84 Å². The van der Waals surface area contributed by atoms with Crippen molar-refractivity contribution in [2.75, 3.05) is 18.1 Å². The van der Waals surface area contributed by atoms with Gasteiger partial charge in [0.05, 0.1) is 11.8 Å². The average Bonchev–Trinajstić information content (AvgIpc) is 2.14. The van der Waals surface area contributed by atoms with Crippen molar-refractivity contribution >= 4 is 15.7 Å². The molecule has 1 amide bonds. The van der Waals surface area contributed by atoms with Gasteiger partial charge >= 0.3 is 0 Å². The molecule has 3 N–H and O–H groups in total. The Morgan fingerprint density at radius 2 is 1.88 bits per heavy atom. The van der Waals surface area contributed by atoms with Gasteiger partial charge in [-0.25, -0.2) is 8.42 Å². The zero-order valence-corrected chi connectivity index (χ0v) is 11.2. The maximum absolute atomic E-state index is 11.5. The van der Waals surface area contributed by atoms with Gasteiger partial charge in [0.2, 0.25) is 5.91 Å². The summed E-state index contributed by atoms with van der Waals surface area (Å²) < 4.78 is 22.3. The molecule has 0 saturated carbocycles. The first-order valence-electron chi connectivity index (χ1n) is 5.34. The van der Waals surface area contributed by atoms with Gasteiger partial charge in [-0.2, -0.15) is 0 Å². The molecule has 0 radical (unpaired) electrons. The van der Waals surface area contributed by atoms with Crippen LogP contribution in [0.25, 0.3) is 0 Å². The average molecular weight is 250 g/mol. The summed E-state index contributed by atoms with van der Waals surface area (Å²) in [6.45, 7) is 7.29.